The Morgan fingerprint density at radius 3 is 0.758 bits per heavy atom. The van der Waals surface area contributed by atoms with Crippen LogP contribution in [-0.4, -0.2) is 97.3 Å². The maximum atomic E-state index is 5.69. The van der Waals surface area contributed by atoms with Gasteiger partial charge in [-0.05, 0) is 82.7 Å². The number of quaternary nitrogens is 2. The number of hydrogen-bond donors (Lipinski definition) is 0. The number of piperazine rings is 6. The van der Waals surface area contributed by atoms with Gasteiger partial charge in [0.1, 0.15) is 52.4 Å². The summed E-state index contributed by atoms with van der Waals surface area (Å²) in [5.74, 6) is 3.90. The molecule has 6 fully saturated rings. The van der Waals surface area contributed by atoms with Gasteiger partial charge in [-0.1, -0.05) is 152 Å². The van der Waals surface area contributed by atoms with Crippen LogP contribution in [0, 0.1) is 0 Å². The lowest BCUT2D eigenvalue weighted by Gasteiger charge is -2.55. The second-order valence-electron chi connectivity index (χ2n) is 19.5. The predicted octanol–water partition coefficient (Wildman–Crippen LogP) is 13.6. The summed E-state index contributed by atoms with van der Waals surface area (Å²) in [7, 11) is 0. The zero-order valence-electron chi connectivity index (χ0n) is 40.2. The molecule has 4 bridgehead atoms. The third-order valence-corrected chi connectivity index (χ3v) is 15.9. The van der Waals surface area contributed by atoms with Crippen LogP contribution in [0.3, 0.4) is 0 Å². The quantitative estimate of drug-likeness (QED) is 0.0920. The van der Waals surface area contributed by atoms with Crippen LogP contribution in [0.1, 0.15) is 149 Å². The fourth-order valence-electron chi connectivity index (χ4n) is 9.43. The summed E-state index contributed by atoms with van der Waals surface area (Å²) in [6, 6.07) is 36.2. The first kappa shape index (κ1) is 50.3. The van der Waals surface area contributed by atoms with Crippen molar-refractivity contribution in [1.29, 1.82) is 0 Å². The third kappa shape index (κ3) is 14.7. The molecular weight excluding hydrogens is 800 g/mol. The van der Waals surface area contributed by atoms with Gasteiger partial charge >= 0.3 is 0 Å². The molecule has 4 aromatic carbocycles. The van der Waals surface area contributed by atoms with Crippen molar-refractivity contribution >= 4 is 23.2 Å². The van der Waals surface area contributed by atoms with Crippen LogP contribution in [0.15, 0.2) is 97.1 Å². The number of nitrogens with zero attached hydrogens (tertiary/aromatic N) is 4. The molecule has 4 atom stereocenters. The molecule has 10 rings (SSSR count). The molecule has 6 heteroatoms. The van der Waals surface area contributed by atoms with Gasteiger partial charge in [0.2, 0.25) is 0 Å². The van der Waals surface area contributed by atoms with Gasteiger partial charge in [-0.3, -0.25) is 9.80 Å². The molecule has 340 valence electrons. The van der Waals surface area contributed by atoms with Crippen molar-refractivity contribution in [3.05, 3.63) is 142 Å². The van der Waals surface area contributed by atoms with E-state index in [1.165, 1.54) is 171 Å². The van der Waals surface area contributed by atoms with Gasteiger partial charge in [0.25, 0.3) is 0 Å². The molecule has 62 heavy (non-hydrogen) atoms. The molecule has 6 aliphatic heterocycles. The standard InChI is InChI=1S/C28H42N2.2C11H15Cl.C6H12N2/c1-5-23(3)27-11-7-25(8-12-27)21-29-15-18-30(19-16-29,20-17-29)22-26-9-13-28(14-10-26)24(4)6-2;2*1-3-9(2)11-6-4-10(8-12)5-7-11;1-2-8-5-3-7(1)4-6-8/h7-14,23-24H,5-6,15-22H2,1-4H3;2*4-7,9H,3,8H2,1-2H3;1-6H2/q+2;;;. The van der Waals surface area contributed by atoms with Gasteiger partial charge in [-0.2, -0.15) is 0 Å². The lowest BCUT2D eigenvalue weighted by atomic mass is 9.96. The zero-order chi connectivity index (χ0) is 44.5. The van der Waals surface area contributed by atoms with Crippen LogP contribution >= 0.6 is 23.2 Å². The summed E-state index contributed by atoms with van der Waals surface area (Å²) in [5, 5.41) is 0. The highest BCUT2D eigenvalue weighted by Gasteiger charge is 2.48. The Hall–Kier alpha value is -2.70. The fraction of sp³-hybridized carbons (Fsp3) is 0.571. The minimum atomic E-state index is 0.612. The molecule has 0 amide bonds. The van der Waals surface area contributed by atoms with Gasteiger partial charge < -0.3 is 8.97 Å². The van der Waals surface area contributed by atoms with E-state index in [9.17, 15) is 0 Å². The lowest BCUT2D eigenvalue weighted by molar-refractivity contribution is -1.09. The van der Waals surface area contributed by atoms with Gasteiger partial charge in [0, 0.05) is 62.2 Å². The minimum Gasteiger partial charge on any atom is -0.306 e. The molecule has 0 N–H and O–H groups in total. The molecule has 4 nitrogen and oxygen atoms in total. The third-order valence-electron chi connectivity index (χ3n) is 15.3. The van der Waals surface area contributed by atoms with Crippen molar-refractivity contribution in [3.8, 4) is 0 Å². The van der Waals surface area contributed by atoms with E-state index in [1.54, 1.807) is 0 Å². The SMILES string of the molecule is C1CN2CCN1CC2.CCC(C)c1ccc(CCl)cc1.CCC(C)c1ccc(CCl)cc1.CCC(C)c1ccc(C[N+]23CC[N+](Cc4ccc(C(C)CC)cc4)(CC2)CC3)cc1. The molecule has 0 aliphatic carbocycles. The molecule has 0 spiro atoms. The first-order valence-corrected chi connectivity index (χ1v) is 25.7. The van der Waals surface area contributed by atoms with Crippen molar-refractivity contribution < 1.29 is 8.97 Å². The molecule has 6 aliphatic rings. The molecule has 6 heterocycles. The number of rotatable bonds is 14. The van der Waals surface area contributed by atoms with E-state index < -0.39 is 0 Å². The molecule has 0 aromatic heterocycles. The molecule has 0 saturated carbocycles. The van der Waals surface area contributed by atoms with Crippen LogP contribution in [-0.2, 0) is 24.8 Å². The average molecular weight is 884 g/mol. The van der Waals surface area contributed by atoms with E-state index in [4.69, 9.17) is 23.2 Å². The maximum absolute atomic E-state index is 5.69. The van der Waals surface area contributed by atoms with Crippen molar-refractivity contribution in [1.82, 2.24) is 9.80 Å². The van der Waals surface area contributed by atoms with Crippen molar-refractivity contribution in [3.63, 3.8) is 0 Å². The van der Waals surface area contributed by atoms with Crippen LogP contribution in [0.2, 0.25) is 0 Å². The largest absolute Gasteiger partial charge is 0.306 e. The van der Waals surface area contributed by atoms with Gasteiger partial charge in [-0.25, -0.2) is 0 Å². The summed E-state index contributed by atoms with van der Waals surface area (Å²) in [5.41, 5.74) is 11.3. The van der Waals surface area contributed by atoms with Crippen LogP contribution in [0.25, 0.3) is 0 Å². The topological polar surface area (TPSA) is 6.48 Å². The Labute approximate surface area is 389 Å². The van der Waals surface area contributed by atoms with E-state index in [0.717, 1.165) is 0 Å². The highest BCUT2D eigenvalue weighted by atomic mass is 35.5. The summed E-state index contributed by atoms with van der Waals surface area (Å²) in [4.78, 5) is 5.08. The van der Waals surface area contributed by atoms with Gasteiger partial charge in [0.05, 0.1) is 0 Å². The number of benzene rings is 4. The van der Waals surface area contributed by atoms with Crippen LogP contribution in [0.5, 0.6) is 0 Å². The molecule has 0 radical (unpaired) electrons. The first-order valence-electron chi connectivity index (χ1n) is 24.6. The normalized spacial score (nSPS) is 24.2. The van der Waals surface area contributed by atoms with Crippen molar-refractivity contribution in [2.45, 2.75) is 130 Å². The number of alkyl halides is 2. The highest BCUT2D eigenvalue weighted by molar-refractivity contribution is 6.17. The van der Waals surface area contributed by atoms with Crippen molar-refractivity contribution in [2.24, 2.45) is 0 Å². The first-order chi connectivity index (χ1) is 30.0. The summed E-state index contributed by atoms with van der Waals surface area (Å²) in [6.07, 6.45) is 4.83. The molecule has 6 saturated heterocycles. The monoisotopic (exact) mass is 883 g/mol. The average Bonchev–Trinajstić information content (AvgIpc) is 3.35. The second-order valence-corrected chi connectivity index (χ2v) is 20.0. The highest BCUT2D eigenvalue weighted by Crippen LogP contribution is 2.32. The zero-order valence-corrected chi connectivity index (χ0v) is 41.7. The van der Waals surface area contributed by atoms with E-state index in [2.05, 4.69) is 162 Å². The summed E-state index contributed by atoms with van der Waals surface area (Å²) >= 11 is 11.4. The Morgan fingerprint density at radius 1 is 0.371 bits per heavy atom. The fourth-order valence-corrected chi connectivity index (χ4v) is 9.78. The second kappa shape index (κ2) is 25.1. The summed E-state index contributed by atoms with van der Waals surface area (Å²) in [6.45, 7) is 36.6. The molecule has 4 aromatic rings. The van der Waals surface area contributed by atoms with Gasteiger partial charge in [-0.15, -0.1) is 23.2 Å². The maximum Gasteiger partial charge on any atom is 0.129 e. The van der Waals surface area contributed by atoms with Crippen LogP contribution in [0.4, 0.5) is 0 Å². The van der Waals surface area contributed by atoms with E-state index >= 15 is 0 Å². The minimum absolute atomic E-state index is 0.612. The Kier molecular flexibility index (Phi) is 20.4. The van der Waals surface area contributed by atoms with Gasteiger partial charge in [0.15, 0.2) is 0 Å². The smallest absolute Gasteiger partial charge is 0.129 e. The van der Waals surface area contributed by atoms with E-state index in [-0.39, 0.29) is 0 Å². The van der Waals surface area contributed by atoms with E-state index in [0.29, 0.717) is 35.4 Å². The lowest BCUT2D eigenvalue weighted by Crippen LogP contribution is -2.74. The molecule has 4 unspecified atom stereocenters. The predicted molar refractivity (Wildman–Crippen MR) is 270 cm³/mol. The Morgan fingerprint density at radius 2 is 0.581 bits per heavy atom. The Bertz CT molecular complexity index is 1660. The van der Waals surface area contributed by atoms with Crippen molar-refractivity contribution in [2.75, 3.05) is 78.5 Å². The van der Waals surface area contributed by atoms with E-state index in [1.807, 2.05) is 0 Å². The Balaban J connectivity index is 0.000000185. The van der Waals surface area contributed by atoms with Crippen LogP contribution < -0.4 is 0 Å². The number of halogens is 2. The summed E-state index contributed by atoms with van der Waals surface area (Å²) < 4.78 is 2.63. The number of hydrogen-bond acceptors (Lipinski definition) is 2. The molecular formula is C56H84Cl2N4+2. The number of fused-ring (bicyclic) bond motifs is 6.